The largest absolute Gasteiger partial charge is 0.375 e. The highest BCUT2D eigenvalue weighted by Crippen LogP contribution is 2.31. The Morgan fingerprint density at radius 2 is 2.09 bits per heavy atom. The fourth-order valence-corrected chi connectivity index (χ4v) is 3.48. The van der Waals surface area contributed by atoms with Crippen molar-refractivity contribution in [1.29, 1.82) is 0 Å². The molecule has 0 spiro atoms. The van der Waals surface area contributed by atoms with Gasteiger partial charge in [0.1, 0.15) is 6.10 Å². The summed E-state index contributed by atoms with van der Waals surface area (Å²) in [5, 5.41) is 3.78. The van der Waals surface area contributed by atoms with Crippen LogP contribution < -0.4 is 11.1 Å². The van der Waals surface area contributed by atoms with Gasteiger partial charge in [-0.05, 0) is 49.9 Å². The molecule has 3 N–H and O–H groups in total. The van der Waals surface area contributed by atoms with Crippen molar-refractivity contribution < 1.29 is 9.53 Å². The first-order chi connectivity index (χ1) is 10.6. The second-order valence-electron chi connectivity index (χ2n) is 6.04. The minimum absolute atomic E-state index is 0.0372. The molecule has 1 saturated carbocycles. The van der Waals surface area contributed by atoms with Crippen molar-refractivity contribution in [2.45, 2.75) is 38.3 Å². The number of rotatable bonds is 6. The standard InChI is InChI=1S/C17H25ClN2O2/c1-11(16(22-2)12-6-8-14(18)9-7-12)20-17(21)15-5-3-4-13(15)10-19/h6-9,11,13,15-16H,3-5,10,19H2,1-2H3,(H,20,21)/t11?,13-,15-,16?/m1/s1. The maximum atomic E-state index is 12.5. The second-order valence-corrected chi connectivity index (χ2v) is 6.47. The number of hydrogen-bond acceptors (Lipinski definition) is 3. The number of carbonyl (C=O) groups excluding carboxylic acids is 1. The van der Waals surface area contributed by atoms with E-state index in [-0.39, 0.29) is 24.0 Å². The minimum atomic E-state index is -0.195. The Morgan fingerprint density at radius 1 is 1.41 bits per heavy atom. The van der Waals surface area contributed by atoms with Gasteiger partial charge in [-0.15, -0.1) is 0 Å². The summed E-state index contributed by atoms with van der Waals surface area (Å²) < 4.78 is 5.57. The van der Waals surface area contributed by atoms with E-state index in [1.54, 1.807) is 7.11 Å². The van der Waals surface area contributed by atoms with Crippen LogP contribution in [0.4, 0.5) is 0 Å². The average Bonchev–Trinajstić information content (AvgIpc) is 2.98. The van der Waals surface area contributed by atoms with Gasteiger partial charge >= 0.3 is 0 Å². The molecule has 0 radical (unpaired) electrons. The summed E-state index contributed by atoms with van der Waals surface area (Å²) in [7, 11) is 1.65. The van der Waals surface area contributed by atoms with Crippen molar-refractivity contribution in [1.82, 2.24) is 5.32 Å². The molecule has 1 aromatic rings. The predicted octanol–water partition coefficient (Wildman–Crippen LogP) is 2.91. The minimum Gasteiger partial charge on any atom is -0.375 e. The maximum absolute atomic E-state index is 12.5. The normalized spacial score (nSPS) is 24.0. The smallest absolute Gasteiger partial charge is 0.223 e. The number of benzene rings is 1. The Balaban J connectivity index is 2.01. The molecule has 1 amide bonds. The predicted molar refractivity (Wildman–Crippen MR) is 88.7 cm³/mol. The number of halogens is 1. The summed E-state index contributed by atoms with van der Waals surface area (Å²) in [4.78, 5) is 12.5. The topological polar surface area (TPSA) is 64.3 Å². The molecule has 2 rings (SSSR count). The van der Waals surface area contributed by atoms with Gasteiger partial charge in [0.25, 0.3) is 0 Å². The molecule has 1 aliphatic rings. The molecule has 4 atom stereocenters. The first-order valence-corrected chi connectivity index (χ1v) is 8.23. The molecule has 5 heteroatoms. The van der Waals surface area contributed by atoms with E-state index in [9.17, 15) is 4.79 Å². The Morgan fingerprint density at radius 3 is 2.68 bits per heavy atom. The van der Waals surface area contributed by atoms with Crippen LogP contribution in [-0.4, -0.2) is 25.6 Å². The highest BCUT2D eigenvalue weighted by Gasteiger charge is 2.33. The van der Waals surface area contributed by atoms with E-state index in [2.05, 4.69) is 5.32 Å². The second kappa shape index (κ2) is 7.95. The van der Waals surface area contributed by atoms with Crippen LogP contribution >= 0.6 is 11.6 Å². The lowest BCUT2D eigenvalue weighted by atomic mass is 9.94. The summed E-state index contributed by atoms with van der Waals surface area (Å²) in [5.74, 6) is 0.440. The highest BCUT2D eigenvalue weighted by atomic mass is 35.5. The number of ether oxygens (including phenoxy) is 1. The Labute approximate surface area is 137 Å². The summed E-state index contributed by atoms with van der Waals surface area (Å²) in [5.41, 5.74) is 6.77. The number of nitrogens with two attached hydrogens (primary N) is 1. The van der Waals surface area contributed by atoms with E-state index in [4.69, 9.17) is 22.1 Å². The van der Waals surface area contributed by atoms with Crippen molar-refractivity contribution in [3.63, 3.8) is 0 Å². The van der Waals surface area contributed by atoms with Gasteiger partial charge in [0.15, 0.2) is 0 Å². The number of hydrogen-bond donors (Lipinski definition) is 2. The third-order valence-electron chi connectivity index (χ3n) is 4.58. The molecule has 1 fully saturated rings. The van der Waals surface area contributed by atoms with E-state index in [1.165, 1.54) is 0 Å². The number of amides is 1. The molecule has 0 heterocycles. The van der Waals surface area contributed by atoms with Gasteiger partial charge in [0.2, 0.25) is 5.91 Å². The van der Waals surface area contributed by atoms with Crippen molar-refractivity contribution >= 4 is 17.5 Å². The summed E-state index contributed by atoms with van der Waals surface area (Å²) in [6.07, 6.45) is 2.87. The summed E-state index contributed by atoms with van der Waals surface area (Å²) in [6.45, 7) is 2.55. The monoisotopic (exact) mass is 324 g/mol. The molecule has 0 aliphatic heterocycles. The van der Waals surface area contributed by atoms with Gasteiger partial charge in [0, 0.05) is 18.1 Å². The fraction of sp³-hybridized carbons (Fsp3) is 0.588. The number of carbonyl (C=O) groups is 1. The lowest BCUT2D eigenvalue weighted by Gasteiger charge is -2.26. The van der Waals surface area contributed by atoms with Crippen LogP contribution in [0.15, 0.2) is 24.3 Å². The van der Waals surface area contributed by atoms with E-state index in [1.807, 2.05) is 31.2 Å². The molecule has 122 valence electrons. The zero-order chi connectivity index (χ0) is 16.1. The molecular weight excluding hydrogens is 300 g/mol. The van der Waals surface area contributed by atoms with E-state index in [0.29, 0.717) is 17.5 Å². The van der Waals surface area contributed by atoms with Crippen LogP contribution in [0.5, 0.6) is 0 Å². The Hall–Kier alpha value is -1.10. The lowest BCUT2D eigenvalue weighted by molar-refractivity contribution is -0.127. The van der Waals surface area contributed by atoms with Crippen LogP contribution in [0.3, 0.4) is 0 Å². The fourth-order valence-electron chi connectivity index (χ4n) is 3.35. The Bertz CT molecular complexity index is 492. The van der Waals surface area contributed by atoms with Crippen LogP contribution in [0.2, 0.25) is 5.02 Å². The first-order valence-electron chi connectivity index (χ1n) is 7.85. The highest BCUT2D eigenvalue weighted by molar-refractivity contribution is 6.30. The Kier molecular flexibility index (Phi) is 6.24. The van der Waals surface area contributed by atoms with Crippen LogP contribution in [0.1, 0.15) is 37.9 Å². The molecule has 1 aromatic carbocycles. The average molecular weight is 325 g/mol. The summed E-state index contributed by atoms with van der Waals surface area (Å²) >= 11 is 5.92. The summed E-state index contributed by atoms with van der Waals surface area (Å²) in [6, 6.07) is 7.41. The van der Waals surface area contributed by atoms with Crippen molar-refractivity contribution in [2.75, 3.05) is 13.7 Å². The third-order valence-corrected chi connectivity index (χ3v) is 4.83. The number of nitrogens with one attached hydrogen (secondary N) is 1. The van der Waals surface area contributed by atoms with E-state index in [0.717, 1.165) is 24.8 Å². The molecule has 22 heavy (non-hydrogen) atoms. The van der Waals surface area contributed by atoms with E-state index >= 15 is 0 Å². The molecular formula is C17H25ClN2O2. The molecule has 4 nitrogen and oxygen atoms in total. The SMILES string of the molecule is COC(c1ccc(Cl)cc1)C(C)NC(=O)[C@@H]1CCC[C@@H]1CN. The molecule has 0 aromatic heterocycles. The quantitative estimate of drug-likeness (QED) is 0.845. The van der Waals surface area contributed by atoms with Gasteiger partial charge in [0.05, 0.1) is 6.04 Å². The third kappa shape index (κ3) is 4.00. The first kappa shape index (κ1) is 17.3. The van der Waals surface area contributed by atoms with Crippen molar-refractivity contribution in [2.24, 2.45) is 17.6 Å². The van der Waals surface area contributed by atoms with Gasteiger partial charge in [-0.1, -0.05) is 30.2 Å². The van der Waals surface area contributed by atoms with Crippen molar-refractivity contribution in [3.8, 4) is 0 Å². The molecule has 1 aliphatic carbocycles. The maximum Gasteiger partial charge on any atom is 0.223 e. The van der Waals surface area contributed by atoms with E-state index < -0.39 is 0 Å². The van der Waals surface area contributed by atoms with Gasteiger partial charge in [-0.25, -0.2) is 0 Å². The molecule has 2 unspecified atom stereocenters. The van der Waals surface area contributed by atoms with Gasteiger partial charge < -0.3 is 15.8 Å². The molecule has 0 bridgehead atoms. The van der Waals surface area contributed by atoms with Crippen LogP contribution in [0.25, 0.3) is 0 Å². The molecule has 0 saturated heterocycles. The lowest BCUT2D eigenvalue weighted by Crippen LogP contribution is -2.42. The number of methoxy groups -OCH3 is 1. The van der Waals surface area contributed by atoms with Crippen molar-refractivity contribution in [3.05, 3.63) is 34.9 Å². The van der Waals surface area contributed by atoms with Crippen LogP contribution in [-0.2, 0) is 9.53 Å². The van der Waals surface area contributed by atoms with Crippen LogP contribution in [0, 0.1) is 11.8 Å². The zero-order valence-electron chi connectivity index (χ0n) is 13.2. The van der Waals surface area contributed by atoms with Gasteiger partial charge in [-0.3, -0.25) is 4.79 Å². The van der Waals surface area contributed by atoms with Gasteiger partial charge in [-0.2, -0.15) is 0 Å². The zero-order valence-corrected chi connectivity index (χ0v) is 14.0.